The lowest BCUT2D eigenvalue weighted by Gasteiger charge is -2.31. The Balaban J connectivity index is 1.62. The molecule has 1 saturated heterocycles. The lowest BCUT2D eigenvalue weighted by molar-refractivity contribution is -0.141. The van der Waals surface area contributed by atoms with E-state index in [1.54, 1.807) is 16.2 Å². The van der Waals surface area contributed by atoms with Gasteiger partial charge in [-0.1, -0.05) is 75.4 Å². The van der Waals surface area contributed by atoms with E-state index in [4.69, 9.17) is 4.74 Å². The van der Waals surface area contributed by atoms with E-state index in [1.165, 1.54) is 25.7 Å². The molecule has 0 atom stereocenters. The summed E-state index contributed by atoms with van der Waals surface area (Å²) in [5.41, 5.74) is 1.10. The average Bonchev–Trinajstić information content (AvgIpc) is 3.42. The molecule has 0 unspecified atom stereocenters. The molecule has 1 fully saturated rings. The molecule has 36 heavy (non-hydrogen) atoms. The van der Waals surface area contributed by atoms with E-state index in [-0.39, 0.29) is 18.4 Å². The van der Waals surface area contributed by atoms with Crippen LogP contribution in [0.1, 0.15) is 62.3 Å². The van der Waals surface area contributed by atoms with Crippen LogP contribution in [0.25, 0.3) is 0 Å². The minimum atomic E-state index is 0.00512. The number of morpholine rings is 1. The van der Waals surface area contributed by atoms with Crippen molar-refractivity contribution in [2.45, 2.75) is 65.0 Å². The zero-order valence-corrected chi connectivity index (χ0v) is 22.7. The number of rotatable bonds is 16. The van der Waals surface area contributed by atoms with Crippen LogP contribution in [-0.4, -0.2) is 72.5 Å². The highest BCUT2D eigenvalue weighted by molar-refractivity contribution is 7.09. The summed E-state index contributed by atoms with van der Waals surface area (Å²) in [5, 5.41) is 2.04. The molecule has 6 nitrogen and oxygen atoms in total. The second kappa shape index (κ2) is 16.5. The van der Waals surface area contributed by atoms with Crippen molar-refractivity contribution in [1.82, 2.24) is 14.7 Å². The summed E-state index contributed by atoms with van der Waals surface area (Å²) in [5.74, 6) is 0.105. The number of thiophene rings is 1. The van der Waals surface area contributed by atoms with E-state index in [0.717, 1.165) is 56.1 Å². The molecule has 2 aromatic rings. The van der Waals surface area contributed by atoms with Gasteiger partial charge in [0.25, 0.3) is 0 Å². The minimum absolute atomic E-state index is 0.00512. The molecule has 1 aliphatic rings. The maximum Gasteiger partial charge on any atom is 0.242 e. The number of amides is 2. The molecule has 0 N–H and O–H groups in total. The SMILES string of the molecule is CCCCCCCCC(=O)N(CCN1CCOCC1)CC(=O)N(Cc1ccccc1)Cc1cccs1. The highest BCUT2D eigenvalue weighted by atomic mass is 32.1. The summed E-state index contributed by atoms with van der Waals surface area (Å²) in [4.78, 5) is 34.0. The molecule has 0 aliphatic carbocycles. The summed E-state index contributed by atoms with van der Waals surface area (Å²) in [6, 6.07) is 14.2. The fourth-order valence-corrected chi connectivity index (χ4v) is 5.20. The van der Waals surface area contributed by atoms with E-state index in [0.29, 0.717) is 26.1 Å². The van der Waals surface area contributed by atoms with Crippen molar-refractivity contribution in [2.24, 2.45) is 0 Å². The standard InChI is InChI=1S/C29H43N3O3S/c1-2-3-4-5-6-10-15-28(33)31(17-16-30-18-20-35-21-19-30)25-29(34)32(24-27-14-11-22-36-27)23-26-12-8-7-9-13-26/h7-9,11-14,22H,2-6,10,15-21,23-25H2,1H3. The maximum atomic E-state index is 13.6. The van der Waals surface area contributed by atoms with E-state index >= 15 is 0 Å². The molecule has 0 spiro atoms. The first-order valence-electron chi connectivity index (χ1n) is 13.6. The van der Waals surface area contributed by atoms with Crippen LogP contribution in [0.2, 0.25) is 0 Å². The summed E-state index contributed by atoms with van der Waals surface area (Å²) in [7, 11) is 0. The Bertz CT molecular complexity index is 869. The van der Waals surface area contributed by atoms with Crippen LogP contribution in [0.15, 0.2) is 47.8 Å². The van der Waals surface area contributed by atoms with Crippen molar-refractivity contribution in [3.63, 3.8) is 0 Å². The predicted octanol–water partition coefficient (Wildman–Crippen LogP) is 5.19. The quantitative estimate of drug-likeness (QED) is 0.290. The van der Waals surface area contributed by atoms with E-state index < -0.39 is 0 Å². The summed E-state index contributed by atoms with van der Waals surface area (Å²) in [6.07, 6.45) is 7.40. The Morgan fingerprint density at radius 2 is 1.64 bits per heavy atom. The molecule has 3 rings (SSSR count). The molecule has 2 heterocycles. The molecule has 7 heteroatoms. The lowest BCUT2D eigenvalue weighted by atomic mass is 10.1. The van der Waals surface area contributed by atoms with Crippen molar-refractivity contribution >= 4 is 23.2 Å². The van der Waals surface area contributed by atoms with Crippen LogP contribution in [0.4, 0.5) is 0 Å². The summed E-state index contributed by atoms with van der Waals surface area (Å²) >= 11 is 1.66. The summed E-state index contributed by atoms with van der Waals surface area (Å²) in [6.45, 7) is 8.05. The second-order valence-corrected chi connectivity index (χ2v) is 10.6. The van der Waals surface area contributed by atoms with Gasteiger partial charge in [-0.2, -0.15) is 0 Å². The topological polar surface area (TPSA) is 53.1 Å². The number of hydrogen-bond donors (Lipinski definition) is 0. The first-order valence-corrected chi connectivity index (χ1v) is 14.5. The number of hydrogen-bond acceptors (Lipinski definition) is 5. The Morgan fingerprint density at radius 3 is 2.36 bits per heavy atom. The first kappa shape index (κ1) is 28.4. The van der Waals surface area contributed by atoms with Gasteiger partial charge in [0, 0.05) is 44.0 Å². The Kier molecular flexibility index (Phi) is 13.0. The summed E-state index contributed by atoms with van der Waals surface area (Å²) < 4.78 is 5.47. The van der Waals surface area contributed by atoms with Crippen LogP contribution < -0.4 is 0 Å². The molecule has 2 amide bonds. The fourth-order valence-electron chi connectivity index (χ4n) is 4.48. The highest BCUT2D eigenvalue weighted by Crippen LogP contribution is 2.16. The van der Waals surface area contributed by atoms with Crippen molar-refractivity contribution in [2.75, 3.05) is 45.9 Å². The first-order chi connectivity index (χ1) is 17.7. The van der Waals surface area contributed by atoms with Gasteiger partial charge in [-0.05, 0) is 23.4 Å². The van der Waals surface area contributed by atoms with Crippen LogP contribution in [0.5, 0.6) is 0 Å². The fraction of sp³-hybridized carbons (Fsp3) is 0.586. The normalized spacial score (nSPS) is 14.0. The number of benzene rings is 1. The molecule has 1 aromatic carbocycles. The Morgan fingerprint density at radius 1 is 0.889 bits per heavy atom. The third-order valence-electron chi connectivity index (χ3n) is 6.71. The number of unbranched alkanes of at least 4 members (excludes halogenated alkanes) is 5. The van der Waals surface area contributed by atoms with Gasteiger partial charge in [0.1, 0.15) is 0 Å². The third-order valence-corrected chi connectivity index (χ3v) is 7.57. The Hall–Kier alpha value is -2.22. The van der Waals surface area contributed by atoms with Crippen LogP contribution in [-0.2, 0) is 27.4 Å². The van der Waals surface area contributed by atoms with E-state index in [1.807, 2.05) is 34.5 Å². The molecule has 0 bridgehead atoms. The molecule has 0 saturated carbocycles. The van der Waals surface area contributed by atoms with Gasteiger partial charge >= 0.3 is 0 Å². The van der Waals surface area contributed by atoms with Crippen LogP contribution in [0, 0.1) is 0 Å². The largest absolute Gasteiger partial charge is 0.379 e. The highest BCUT2D eigenvalue weighted by Gasteiger charge is 2.23. The van der Waals surface area contributed by atoms with Gasteiger partial charge in [-0.25, -0.2) is 0 Å². The van der Waals surface area contributed by atoms with E-state index in [2.05, 4.69) is 30.0 Å². The zero-order chi connectivity index (χ0) is 25.4. The molecular weight excluding hydrogens is 470 g/mol. The van der Waals surface area contributed by atoms with E-state index in [9.17, 15) is 9.59 Å². The second-order valence-electron chi connectivity index (χ2n) is 9.60. The molecule has 198 valence electrons. The number of carbonyl (C=O) groups is 2. The predicted molar refractivity (Wildman–Crippen MR) is 147 cm³/mol. The van der Waals surface area contributed by atoms with Gasteiger partial charge < -0.3 is 14.5 Å². The van der Waals surface area contributed by atoms with Crippen molar-refractivity contribution < 1.29 is 14.3 Å². The van der Waals surface area contributed by atoms with Crippen molar-refractivity contribution in [3.05, 3.63) is 58.3 Å². The third kappa shape index (κ3) is 10.4. The monoisotopic (exact) mass is 513 g/mol. The number of carbonyl (C=O) groups excluding carboxylic acids is 2. The molecule has 1 aromatic heterocycles. The zero-order valence-electron chi connectivity index (χ0n) is 21.9. The number of ether oxygens (including phenoxy) is 1. The number of nitrogens with zero attached hydrogens (tertiary/aromatic N) is 3. The van der Waals surface area contributed by atoms with Gasteiger partial charge in [-0.3, -0.25) is 14.5 Å². The van der Waals surface area contributed by atoms with Gasteiger partial charge in [0.15, 0.2) is 0 Å². The van der Waals surface area contributed by atoms with Crippen LogP contribution >= 0.6 is 11.3 Å². The average molecular weight is 514 g/mol. The Labute approximate surface area is 221 Å². The van der Waals surface area contributed by atoms with Gasteiger partial charge in [-0.15, -0.1) is 11.3 Å². The lowest BCUT2D eigenvalue weighted by Crippen LogP contribution is -2.47. The van der Waals surface area contributed by atoms with Crippen molar-refractivity contribution in [3.8, 4) is 0 Å². The molecule has 0 radical (unpaired) electrons. The minimum Gasteiger partial charge on any atom is -0.379 e. The van der Waals surface area contributed by atoms with Crippen LogP contribution in [0.3, 0.4) is 0 Å². The maximum absolute atomic E-state index is 13.6. The molecular formula is C29H43N3O3S. The van der Waals surface area contributed by atoms with Gasteiger partial charge in [0.2, 0.25) is 11.8 Å². The van der Waals surface area contributed by atoms with Gasteiger partial charge in [0.05, 0.1) is 26.3 Å². The van der Waals surface area contributed by atoms with Crippen molar-refractivity contribution in [1.29, 1.82) is 0 Å². The smallest absolute Gasteiger partial charge is 0.242 e. The molecule has 1 aliphatic heterocycles.